The van der Waals surface area contributed by atoms with Gasteiger partial charge in [-0.15, -0.1) is 0 Å². The van der Waals surface area contributed by atoms with Crippen molar-refractivity contribution in [3.63, 3.8) is 0 Å². The number of piperazine rings is 1. The number of carbonyl (C=O) groups excluding carboxylic acids is 2. The minimum atomic E-state index is -0.780. The van der Waals surface area contributed by atoms with E-state index in [1.165, 1.54) is 5.56 Å². The Kier molecular flexibility index (Phi) is 5.73. The lowest BCUT2D eigenvalue weighted by Crippen LogP contribution is -2.51. The molecule has 2 heterocycles. The van der Waals surface area contributed by atoms with Crippen molar-refractivity contribution in [2.45, 2.75) is 19.6 Å². The number of rotatable bonds is 5. The first kappa shape index (κ1) is 18.2. The molecule has 1 aliphatic rings. The number of hydrogen-bond donors (Lipinski definition) is 0. The molecule has 0 spiro atoms. The maximum absolute atomic E-state index is 12.6. The third-order valence-electron chi connectivity index (χ3n) is 4.72. The first-order valence-corrected chi connectivity index (χ1v) is 8.92. The summed E-state index contributed by atoms with van der Waals surface area (Å²) in [5.41, 5.74) is 1.72. The SMILES string of the molecule is CC(OC(=O)c1cccn1C)C(=O)N1CCN(Cc2ccccc2)CC1. The van der Waals surface area contributed by atoms with Gasteiger partial charge in [0.15, 0.2) is 6.10 Å². The van der Waals surface area contributed by atoms with Crippen LogP contribution in [0.15, 0.2) is 48.7 Å². The standard InChI is InChI=1S/C20H25N3O3/c1-16(26-20(25)18-9-6-10-21(18)2)19(24)23-13-11-22(12-14-23)15-17-7-4-3-5-8-17/h3-10,16H,11-15H2,1-2H3. The third kappa shape index (κ3) is 4.32. The van der Waals surface area contributed by atoms with Gasteiger partial charge in [0.05, 0.1) is 0 Å². The maximum Gasteiger partial charge on any atom is 0.355 e. The molecule has 6 nitrogen and oxygen atoms in total. The first-order chi connectivity index (χ1) is 12.5. The van der Waals surface area contributed by atoms with E-state index < -0.39 is 12.1 Å². The Balaban J connectivity index is 1.48. The summed E-state index contributed by atoms with van der Waals surface area (Å²) in [7, 11) is 1.77. The van der Waals surface area contributed by atoms with Crippen LogP contribution < -0.4 is 0 Å². The van der Waals surface area contributed by atoms with Crippen LogP contribution in [0.4, 0.5) is 0 Å². The van der Waals surface area contributed by atoms with Gasteiger partial charge in [-0.25, -0.2) is 4.79 Å². The van der Waals surface area contributed by atoms with E-state index in [1.54, 1.807) is 41.8 Å². The number of ether oxygens (including phenoxy) is 1. The van der Waals surface area contributed by atoms with Gasteiger partial charge in [0.2, 0.25) is 0 Å². The Bertz CT molecular complexity index is 749. The van der Waals surface area contributed by atoms with Crippen molar-refractivity contribution < 1.29 is 14.3 Å². The molecule has 1 unspecified atom stereocenters. The largest absolute Gasteiger partial charge is 0.448 e. The molecule has 1 aromatic carbocycles. The highest BCUT2D eigenvalue weighted by molar-refractivity contribution is 5.91. The molecule has 1 saturated heterocycles. The van der Waals surface area contributed by atoms with Gasteiger partial charge >= 0.3 is 5.97 Å². The van der Waals surface area contributed by atoms with E-state index >= 15 is 0 Å². The van der Waals surface area contributed by atoms with E-state index in [0.29, 0.717) is 18.8 Å². The van der Waals surface area contributed by atoms with E-state index in [-0.39, 0.29) is 5.91 Å². The second-order valence-electron chi connectivity index (χ2n) is 6.64. The van der Waals surface area contributed by atoms with Crippen molar-refractivity contribution in [1.29, 1.82) is 0 Å². The van der Waals surface area contributed by atoms with Crippen LogP contribution in [-0.2, 0) is 23.1 Å². The van der Waals surface area contributed by atoms with Crippen LogP contribution in [0.2, 0.25) is 0 Å². The smallest absolute Gasteiger partial charge is 0.355 e. The van der Waals surface area contributed by atoms with Crippen molar-refractivity contribution in [3.8, 4) is 0 Å². The maximum atomic E-state index is 12.6. The molecule has 0 saturated carbocycles. The van der Waals surface area contributed by atoms with Gasteiger partial charge < -0.3 is 14.2 Å². The van der Waals surface area contributed by atoms with Gasteiger partial charge in [0.25, 0.3) is 5.91 Å². The summed E-state index contributed by atoms with van der Waals surface area (Å²) in [5.74, 6) is -0.604. The molecule has 0 N–H and O–H groups in total. The molecule has 1 atom stereocenters. The minimum absolute atomic E-state index is 0.132. The zero-order chi connectivity index (χ0) is 18.5. The van der Waals surface area contributed by atoms with Crippen LogP contribution in [0.5, 0.6) is 0 Å². The molecule has 1 amide bonds. The quantitative estimate of drug-likeness (QED) is 0.769. The van der Waals surface area contributed by atoms with E-state index in [4.69, 9.17) is 4.74 Å². The summed E-state index contributed by atoms with van der Waals surface area (Å²) >= 11 is 0. The van der Waals surface area contributed by atoms with E-state index in [9.17, 15) is 9.59 Å². The number of carbonyl (C=O) groups is 2. The van der Waals surface area contributed by atoms with Crippen molar-refractivity contribution in [1.82, 2.24) is 14.4 Å². The summed E-state index contributed by atoms with van der Waals surface area (Å²) in [5, 5.41) is 0. The van der Waals surface area contributed by atoms with Crippen molar-refractivity contribution in [2.75, 3.05) is 26.2 Å². The second kappa shape index (κ2) is 8.19. The van der Waals surface area contributed by atoms with Crippen LogP contribution in [-0.4, -0.2) is 58.5 Å². The van der Waals surface area contributed by atoms with Crippen LogP contribution in [0.3, 0.4) is 0 Å². The highest BCUT2D eigenvalue weighted by Gasteiger charge is 2.27. The Morgan fingerprint density at radius 1 is 1.04 bits per heavy atom. The lowest BCUT2D eigenvalue weighted by atomic mass is 10.2. The van der Waals surface area contributed by atoms with Gasteiger partial charge in [0.1, 0.15) is 5.69 Å². The van der Waals surface area contributed by atoms with Crippen molar-refractivity contribution in [2.24, 2.45) is 7.05 Å². The molecule has 1 aromatic heterocycles. The molecule has 3 rings (SSSR count). The summed E-state index contributed by atoms with van der Waals surface area (Å²) in [4.78, 5) is 28.8. The molecule has 1 aliphatic heterocycles. The number of nitrogens with zero attached hydrogens (tertiary/aromatic N) is 3. The molecule has 0 aliphatic carbocycles. The Hall–Kier alpha value is -2.60. The number of hydrogen-bond acceptors (Lipinski definition) is 4. The number of amides is 1. The van der Waals surface area contributed by atoms with Crippen molar-refractivity contribution in [3.05, 3.63) is 59.9 Å². The molecule has 138 valence electrons. The van der Waals surface area contributed by atoms with Gasteiger partial charge in [-0.3, -0.25) is 9.69 Å². The fourth-order valence-electron chi connectivity index (χ4n) is 3.17. The molecular formula is C20H25N3O3. The molecule has 0 radical (unpaired) electrons. The summed E-state index contributed by atoms with van der Waals surface area (Å²) in [6.07, 6.45) is 0.993. The summed E-state index contributed by atoms with van der Waals surface area (Å²) < 4.78 is 7.03. The fraction of sp³-hybridized carbons (Fsp3) is 0.400. The number of esters is 1. The summed E-state index contributed by atoms with van der Waals surface area (Å²) in [6, 6.07) is 13.8. The normalized spacial score (nSPS) is 16.3. The van der Waals surface area contributed by atoms with Crippen LogP contribution >= 0.6 is 0 Å². The lowest BCUT2D eigenvalue weighted by Gasteiger charge is -2.35. The lowest BCUT2D eigenvalue weighted by molar-refractivity contribution is -0.141. The van der Waals surface area contributed by atoms with Gasteiger partial charge in [-0.05, 0) is 24.6 Å². The van der Waals surface area contributed by atoms with Crippen LogP contribution in [0.25, 0.3) is 0 Å². The Morgan fingerprint density at radius 3 is 2.35 bits per heavy atom. The van der Waals surface area contributed by atoms with Gasteiger partial charge in [0, 0.05) is 46.0 Å². The van der Waals surface area contributed by atoms with E-state index in [1.807, 2.05) is 18.2 Å². The van der Waals surface area contributed by atoms with E-state index in [0.717, 1.165) is 19.6 Å². The minimum Gasteiger partial charge on any atom is -0.448 e. The molecule has 6 heteroatoms. The number of benzene rings is 1. The average Bonchev–Trinajstić information content (AvgIpc) is 3.08. The first-order valence-electron chi connectivity index (χ1n) is 8.92. The van der Waals surface area contributed by atoms with Gasteiger partial charge in [-0.2, -0.15) is 0 Å². The molecule has 2 aromatic rings. The average molecular weight is 355 g/mol. The molecule has 1 fully saturated rings. The van der Waals surface area contributed by atoms with Crippen LogP contribution in [0.1, 0.15) is 23.0 Å². The topological polar surface area (TPSA) is 54.8 Å². The molecular weight excluding hydrogens is 330 g/mol. The molecule has 0 bridgehead atoms. The fourth-order valence-corrected chi connectivity index (χ4v) is 3.17. The highest BCUT2D eigenvalue weighted by atomic mass is 16.5. The van der Waals surface area contributed by atoms with Gasteiger partial charge in [-0.1, -0.05) is 30.3 Å². The Labute approximate surface area is 154 Å². The molecule has 26 heavy (non-hydrogen) atoms. The van der Waals surface area contributed by atoms with E-state index in [2.05, 4.69) is 17.0 Å². The number of aromatic nitrogens is 1. The second-order valence-corrected chi connectivity index (χ2v) is 6.64. The summed E-state index contributed by atoms with van der Waals surface area (Å²) in [6.45, 7) is 5.47. The third-order valence-corrected chi connectivity index (χ3v) is 4.72. The van der Waals surface area contributed by atoms with Crippen molar-refractivity contribution >= 4 is 11.9 Å². The highest BCUT2D eigenvalue weighted by Crippen LogP contribution is 2.11. The predicted octanol–water partition coefficient (Wildman–Crippen LogP) is 1.91. The van der Waals surface area contributed by atoms with Crippen LogP contribution in [0, 0.1) is 0 Å². The predicted molar refractivity (Wildman–Crippen MR) is 98.6 cm³/mol. The Morgan fingerprint density at radius 2 is 1.73 bits per heavy atom. The number of aryl methyl sites for hydroxylation is 1. The zero-order valence-corrected chi connectivity index (χ0v) is 15.3. The monoisotopic (exact) mass is 355 g/mol. The zero-order valence-electron chi connectivity index (χ0n) is 15.3.